The minimum atomic E-state index is -4.78. The molecule has 0 fully saturated rings. The fraction of sp³-hybridized carbons (Fsp3) is 0.538. The molecular weight excluding hydrogens is 284 g/mol. The number of ether oxygens (including phenoxy) is 2. The molecule has 0 spiro atoms. The van der Waals surface area contributed by atoms with Crippen LogP contribution in [-0.2, 0) is 10.1 Å². The molecule has 7 heteroatoms. The van der Waals surface area contributed by atoms with Gasteiger partial charge in [0.25, 0.3) is 0 Å². The molecular formula is C13H19O6S-. The largest absolute Gasteiger partial charge is 0.744 e. The van der Waals surface area contributed by atoms with Gasteiger partial charge in [0.1, 0.15) is 20.8 Å². The number of hydrogen-bond acceptors (Lipinski definition) is 6. The highest BCUT2D eigenvalue weighted by atomic mass is 32.2. The average molecular weight is 303 g/mol. The lowest BCUT2D eigenvalue weighted by molar-refractivity contribution is 0.342. The third-order valence-corrected chi connectivity index (χ3v) is 4.36. The molecule has 0 radical (unpaired) electrons. The summed E-state index contributed by atoms with van der Waals surface area (Å²) in [5.41, 5.74) is 0.316. The molecule has 0 bridgehead atoms. The Morgan fingerprint density at radius 3 is 2.10 bits per heavy atom. The van der Waals surface area contributed by atoms with Gasteiger partial charge in [0.05, 0.1) is 14.2 Å². The molecule has 0 aliphatic carbocycles. The maximum atomic E-state index is 11.5. The van der Waals surface area contributed by atoms with Crippen LogP contribution in [0.15, 0.2) is 4.90 Å². The monoisotopic (exact) mass is 303 g/mol. The van der Waals surface area contributed by atoms with Crippen molar-refractivity contribution in [3.8, 4) is 17.2 Å². The summed E-state index contributed by atoms with van der Waals surface area (Å²) < 4.78 is 44.7. The highest BCUT2D eigenvalue weighted by Crippen LogP contribution is 2.48. The number of phenolic OH excluding ortho intramolecular Hbond substituents is 1. The van der Waals surface area contributed by atoms with Crippen molar-refractivity contribution in [2.75, 3.05) is 14.2 Å². The summed E-state index contributed by atoms with van der Waals surface area (Å²) in [6.45, 7) is 5.06. The van der Waals surface area contributed by atoms with Gasteiger partial charge in [0, 0.05) is 11.1 Å². The van der Waals surface area contributed by atoms with Crippen molar-refractivity contribution in [2.24, 2.45) is 0 Å². The molecule has 0 aromatic heterocycles. The molecule has 1 aromatic rings. The van der Waals surface area contributed by atoms with Crippen LogP contribution in [0.1, 0.15) is 37.3 Å². The molecule has 0 heterocycles. The molecule has 114 valence electrons. The normalized spacial score (nSPS) is 13.1. The van der Waals surface area contributed by atoms with Crippen molar-refractivity contribution in [3.63, 3.8) is 0 Å². The van der Waals surface area contributed by atoms with Crippen molar-refractivity contribution in [1.82, 2.24) is 0 Å². The first-order chi connectivity index (χ1) is 9.20. The second-order valence-electron chi connectivity index (χ2n) is 4.55. The Morgan fingerprint density at radius 2 is 1.75 bits per heavy atom. The minimum absolute atomic E-state index is 0.0542. The number of aromatic hydroxyl groups is 1. The predicted molar refractivity (Wildman–Crippen MR) is 72.6 cm³/mol. The van der Waals surface area contributed by atoms with Crippen molar-refractivity contribution in [1.29, 1.82) is 0 Å². The van der Waals surface area contributed by atoms with Gasteiger partial charge < -0.3 is 19.1 Å². The van der Waals surface area contributed by atoms with Gasteiger partial charge in [-0.15, -0.1) is 0 Å². The summed E-state index contributed by atoms with van der Waals surface area (Å²) in [6.07, 6.45) is 0.660. The zero-order valence-electron chi connectivity index (χ0n) is 12.2. The third-order valence-electron chi connectivity index (χ3n) is 3.37. The third kappa shape index (κ3) is 2.69. The van der Waals surface area contributed by atoms with Crippen molar-refractivity contribution in [2.45, 2.75) is 38.0 Å². The Kier molecular flexibility index (Phi) is 4.88. The standard InChI is InChI=1S/C13H20O6S/c1-6-7(2)9-11(18-4)10(14)8(3)13(12(9)19-5)20(15,16)17/h7,14H,6H2,1-5H3,(H,15,16,17)/p-1. The Labute approximate surface area is 119 Å². The first-order valence-corrected chi connectivity index (χ1v) is 7.54. The summed E-state index contributed by atoms with van der Waals surface area (Å²) in [6, 6.07) is 0. The van der Waals surface area contributed by atoms with Crippen LogP contribution in [0.5, 0.6) is 17.2 Å². The van der Waals surface area contributed by atoms with Gasteiger partial charge in [-0.2, -0.15) is 0 Å². The molecule has 1 N–H and O–H groups in total. The maximum absolute atomic E-state index is 11.5. The van der Waals surface area contributed by atoms with Gasteiger partial charge in [-0.3, -0.25) is 0 Å². The van der Waals surface area contributed by atoms with Gasteiger partial charge in [-0.25, -0.2) is 8.42 Å². The van der Waals surface area contributed by atoms with Crippen LogP contribution in [0.4, 0.5) is 0 Å². The van der Waals surface area contributed by atoms with E-state index >= 15 is 0 Å². The molecule has 0 aliphatic heterocycles. The molecule has 1 aromatic carbocycles. The first-order valence-electron chi connectivity index (χ1n) is 6.13. The average Bonchev–Trinajstić information content (AvgIpc) is 2.38. The molecule has 20 heavy (non-hydrogen) atoms. The molecule has 6 nitrogen and oxygen atoms in total. The van der Waals surface area contributed by atoms with E-state index in [4.69, 9.17) is 9.47 Å². The van der Waals surface area contributed by atoms with Crippen LogP contribution in [0, 0.1) is 6.92 Å². The van der Waals surface area contributed by atoms with E-state index in [9.17, 15) is 18.1 Å². The summed E-state index contributed by atoms with van der Waals surface area (Å²) in [4.78, 5) is -0.534. The molecule has 1 atom stereocenters. The van der Waals surface area contributed by atoms with Gasteiger partial charge in [0.2, 0.25) is 0 Å². The minimum Gasteiger partial charge on any atom is -0.744 e. The van der Waals surface area contributed by atoms with Crippen LogP contribution in [0.25, 0.3) is 0 Å². The summed E-state index contributed by atoms with van der Waals surface area (Å²) in [5, 5.41) is 10.1. The highest BCUT2D eigenvalue weighted by molar-refractivity contribution is 7.86. The lowest BCUT2D eigenvalue weighted by atomic mass is 9.94. The van der Waals surface area contributed by atoms with Crippen LogP contribution in [0.3, 0.4) is 0 Å². The molecule has 0 saturated carbocycles. The van der Waals surface area contributed by atoms with Crippen LogP contribution >= 0.6 is 0 Å². The number of methoxy groups -OCH3 is 2. The highest BCUT2D eigenvalue weighted by Gasteiger charge is 2.28. The van der Waals surface area contributed by atoms with E-state index in [-0.39, 0.29) is 28.7 Å². The fourth-order valence-corrected chi connectivity index (χ4v) is 3.06. The molecule has 1 rings (SSSR count). The maximum Gasteiger partial charge on any atom is 0.168 e. The molecule has 0 amide bonds. The van der Waals surface area contributed by atoms with Crippen molar-refractivity contribution >= 4 is 10.1 Å². The van der Waals surface area contributed by atoms with E-state index < -0.39 is 15.0 Å². The summed E-state index contributed by atoms with van der Waals surface area (Å²) in [7, 11) is -2.13. The summed E-state index contributed by atoms with van der Waals surface area (Å²) in [5.74, 6) is -0.410. The van der Waals surface area contributed by atoms with Crippen LogP contribution < -0.4 is 9.47 Å². The van der Waals surface area contributed by atoms with E-state index in [1.54, 1.807) is 0 Å². The van der Waals surface area contributed by atoms with E-state index in [1.165, 1.54) is 21.1 Å². The number of hydrogen-bond donors (Lipinski definition) is 1. The SMILES string of the molecule is CCC(C)c1c(OC)c(O)c(C)c(S(=O)(=O)[O-])c1OC. The second-order valence-corrected chi connectivity index (χ2v) is 5.86. The Morgan fingerprint density at radius 1 is 1.25 bits per heavy atom. The summed E-state index contributed by atoms with van der Waals surface area (Å²) >= 11 is 0. The van der Waals surface area contributed by atoms with Gasteiger partial charge in [0.15, 0.2) is 11.5 Å². The topological polar surface area (TPSA) is 95.9 Å². The number of rotatable bonds is 5. The van der Waals surface area contributed by atoms with Crippen molar-refractivity contribution < 1.29 is 27.6 Å². The predicted octanol–water partition coefficient (Wildman–Crippen LogP) is 2.14. The Balaban J connectivity index is 3.95. The van der Waals surface area contributed by atoms with Gasteiger partial charge in [-0.1, -0.05) is 13.8 Å². The van der Waals surface area contributed by atoms with E-state index in [2.05, 4.69) is 0 Å². The lowest BCUT2D eigenvalue weighted by Gasteiger charge is -2.24. The molecule has 0 saturated heterocycles. The van der Waals surface area contributed by atoms with Crippen LogP contribution in [-0.4, -0.2) is 32.3 Å². The van der Waals surface area contributed by atoms with Gasteiger partial charge >= 0.3 is 0 Å². The lowest BCUT2D eigenvalue weighted by Crippen LogP contribution is -2.10. The van der Waals surface area contributed by atoms with Gasteiger partial charge in [-0.05, 0) is 19.3 Å². The Hall–Kier alpha value is -1.47. The van der Waals surface area contributed by atoms with E-state index in [0.29, 0.717) is 12.0 Å². The van der Waals surface area contributed by atoms with Crippen LogP contribution in [0.2, 0.25) is 0 Å². The van der Waals surface area contributed by atoms with Crippen molar-refractivity contribution in [3.05, 3.63) is 11.1 Å². The quantitative estimate of drug-likeness (QED) is 0.837. The van der Waals surface area contributed by atoms with E-state index in [0.717, 1.165) is 0 Å². The Bertz CT molecular complexity index is 606. The molecule has 0 aliphatic rings. The fourth-order valence-electron chi connectivity index (χ4n) is 2.16. The zero-order chi connectivity index (χ0) is 15.7. The zero-order valence-corrected chi connectivity index (χ0v) is 13.0. The molecule has 1 unspecified atom stereocenters. The van der Waals surface area contributed by atoms with E-state index in [1.807, 2.05) is 13.8 Å². The first kappa shape index (κ1) is 16.6. The number of phenols is 1. The number of benzene rings is 1. The second kappa shape index (κ2) is 5.88. The smallest absolute Gasteiger partial charge is 0.168 e.